The molecule has 1 aromatic rings. The van der Waals surface area contributed by atoms with Gasteiger partial charge >= 0.3 is 0 Å². The van der Waals surface area contributed by atoms with Crippen LogP contribution in [0.4, 0.5) is 4.39 Å². The minimum Gasteiger partial charge on any atom is -0.492 e. The highest BCUT2D eigenvalue weighted by atomic mass is 19.1. The fraction of sp³-hybridized carbons (Fsp3) is 0.583. The second kappa shape index (κ2) is 4.98. The van der Waals surface area contributed by atoms with Crippen molar-refractivity contribution in [2.75, 3.05) is 27.4 Å². The molecule has 0 saturated carbocycles. The molecule has 1 saturated heterocycles. The fourth-order valence-electron chi connectivity index (χ4n) is 2.09. The van der Waals surface area contributed by atoms with Gasteiger partial charge in [0.1, 0.15) is 5.60 Å². The lowest BCUT2D eigenvalue weighted by Gasteiger charge is -2.35. The van der Waals surface area contributed by atoms with E-state index in [2.05, 4.69) is 4.98 Å². The molecular weight excluding hydrogens is 225 g/mol. The predicted molar refractivity (Wildman–Crippen MR) is 59.5 cm³/mol. The lowest BCUT2D eigenvalue weighted by atomic mass is 9.90. The lowest BCUT2D eigenvalue weighted by molar-refractivity contribution is -0.0976. The Morgan fingerprint density at radius 3 is 2.53 bits per heavy atom. The van der Waals surface area contributed by atoms with Gasteiger partial charge in [0.2, 0.25) is 0 Å². The summed E-state index contributed by atoms with van der Waals surface area (Å²) in [5.41, 5.74) is 0.0624. The van der Waals surface area contributed by atoms with Crippen molar-refractivity contribution in [3.63, 3.8) is 0 Å². The SMILES string of the molecule is COc1ccc(C2(OC)CCOCC2)nc1F. The third kappa shape index (κ3) is 2.25. The van der Waals surface area contributed by atoms with E-state index in [1.54, 1.807) is 19.2 Å². The quantitative estimate of drug-likeness (QED) is 0.758. The van der Waals surface area contributed by atoms with Gasteiger partial charge in [0, 0.05) is 33.2 Å². The van der Waals surface area contributed by atoms with Crippen molar-refractivity contribution in [1.82, 2.24) is 4.98 Å². The zero-order valence-electron chi connectivity index (χ0n) is 10.0. The van der Waals surface area contributed by atoms with Gasteiger partial charge < -0.3 is 14.2 Å². The average Bonchev–Trinajstić information content (AvgIpc) is 2.39. The van der Waals surface area contributed by atoms with Crippen molar-refractivity contribution >= 4 is 0 Å². The van der Waals surface area contributed by atoms with E-state index in [0.717, 1.165) is 0 Å². The first-order valence-corrected chi connectivity index (χ1v) is 5.56. The number of rotatable bonds is 3. The van der Waals surface area contributed by atoms with E-state index in [1.165, 1.54) is 7.11 Å². The molecule has 1 aliphatic heterocycles. The summed E-state index contributed by atoms with van der Waals surface area (Å²) in [6.45, 7) is 1.20. The Morgan fingerprint density at radius 2 is 2.00 bits per heavy atom. The van der Waals surface area contributed by atoms with Gasteiger partial charge in [-0.05, 0) is 12.1 Å². The summed E-state index contributed by atoms with van der Waals surface area (Å²) in [6, 6.07) is 3.32. The van der Waals surface area contributed by atoms with Gasteiger partial charge in [0.05, 0.1) is 12.8 Å². The summed E-state index contributed by atoms with van der Waals surface area (Å²) in [6.07, 6.45) is 1.37. The first kappa shape index (κ1) is 12.3. The number of hydrogen-bond donors (Lipinski definition) is 0. The van der Waals surface area contributed by atoms with Crippen LogP contribution >= 0.6 is 0 Å². The largest absolute Gasteiger partial charge is 0.492 e. The van der Waals surface area contributed by atoms with E-state index in [1.807, 2.05) is 0 Å². The molecule has 0 unspecified atom stereocenters. The molecule has 0 aromatic carbocycles. The molecule has 0 radical (unpaired) electrons. The van der Waals surface area contributed by atoms with Crippen molar-refractivity contribution < 1.29 is 18.6 Å². The Balaban J connectivity index is 2.33. The molecule has 0 spiro atoms. The highest BCUT2D eigenvalue weighted by Crippen LogP contribution is 2.35. The number of methoxy groups -OCH3 is 2. The Labute approximate surface area is 99.7 Å². The average molecular weight is 241 g/mol. The van der Waals surface area contributed by atoms with Crippen LogP contribution in [-0.2, 0) is 15.1 Å². The molecule has 94 valence electrons. The zero-order chi connectivity index (χ0) is 12.3. The van der Waals surface area contributed by atoms with Crippen LogP contribution in [0.15, 0.2) is 12.1 Å². The maximum absolute atomic E-state index is 13.6. The molecule has 0 atom stereocenters. The molecule has 2 heterocycles. The zero-order valence-corrected chi connectivity index (χ0v) is 10.0. The lowest BCUT2D eigenvalue weighted by Crippen LogP contribution is -2.36. The highest BCUT2D eigenvalue weighted by Gasteiger charge is 2.36. The topological polar surface area (TPSA) is 40.6 Å². The summed E-state index contributed by atoms with van der Waals surface area (Å²) < 4.78 is 29.3. The third-order valence-electron chi connectivity index (χ3n) is 3.19. The minimum absolute atomic E-state index is 0.145. The van der Waals surface area contributed by atoms with E-state index in [9.17, 15) is 4.39 Å². The number of pyridine rings is 1. The first-order valence-electron chi connectivity index (χ1n) is 5.56. The van der Waals surface area contributed by atoms with E-state index in [4.69, 9.17) is 14.2 Å². The molecule has 1 aromatic heterocycles. The maximum atomic E-state index is 13.6. The van der Waals surface area contributed by atoms with Gasteiger partial charge in [-0.25, -0.2) is 4.98 Å². The van der Waals surface area contributed by atoms with Crippen LogP contribution < -0.4 is 4.74 Å². The van der Waals surface area contributed by atoms with Gasteiger partial charge in [-0.1, -0.05) is 0 Å². The molecule has 17 heavy (non-hydrogen) atoms. The normalized spacial score (nSPS) is 19.0. The van der Waals surface area contributed by atoms with E-state index < -0.39 is 11.5 Å². The Hall–Kier alpha value is -1.20. The number of hydrogen-bond acceptors (Lipinski definition) is 4. The highest BCUT2D eigenvalue weighted by molar-refractivity contribution is 5.25. The van der Waals surface area contributed by atoms with Crippen LogP contribution in [-0.4, -0.2) is 32.4 Å². The summed E-state index contributed by atoms with van der Waals surface area (Å²) in [5, 5.41) is 0. The van der Waals surface area contributed by atoms with Crippen molar-refractivity contribution in [2.24, 2.45) is 0 Å². The van der Waals surface area contributed by atoms with Crippen molar-refractivity contribution in [3.05, 3.63) is 23.8 Å². The maximum Gasteiger partial charge on any atom is 0.255 e. The Morgan fingerprint density at radius 1 is 1.29 bits per heavy atom. The van der Waals surface area contributed by atoms with Crippen LogP contribution in [0.3, 0.4) is 0 Å². The number of halogens is 1. The minimum atomic E-state index is -0.604. The van der Waals surface area contributed by atoms with Crippen LogP contribution in [0.5, 0.6) is 5.75 Å². The summed E-state index contributed by atoms with van der Waals surface area (Å²) in [5.74, 6) is -0.458. The van der Waals surface area contributed by atoms with Crippen LogP contribution in [0.25, 0.3) is 0 Å². The van der Waals surface area contributed by atoms with Crippen molar-refractivity contribution in [3.8, 4) is 5.75 Å². The third-order valence-corrected chi connectivity index (χ3v) is 3.19. The molecule has 1 fully saturated rings. The van der Waals surface area contributed by atoms with Gasteiger partial charge in [-0.3, -0.25) is 0 Å². The van der Waals surface area contributed by atoms with Crippen LogP contribution in [0.1, 0.15) is 18.5 Å². The van der Waals surface area contributed by atoms with Gasteiger partial charge in [-0.15, -0.1) is 0 Å². The molecule has 0 amide bonds. The number of aromatic nitrogens is 1. The molecular formula is C12H16FNO3. The van der Waals surface area contributed by atoms with Crippen molar-refractivity contribution in [2.45, 2.75) is 18.4 Å². The van der Waals surface area contributed by atoms with Crippen LogP contribution in [0, 0.1) is 5.95 Å². The smallest absolute Gasteiger partial charge is 0.255 e. The molecule has 0 N–H and O–H groups in total. The molecule has 0 bridgehead atoms. The summed E-state index contributed by atoms with van der Waals surface area (Å²) >= 11 is 0. The number of ether oxygens (including phenoxy) is 3. The molecule has 2 rings (SSSR count). The van der Waals surface area contributed by atoms with Gasteiger partial charge in [0.25, 0.3) is 5.95 Å². The summed E-state index contributed by atoms with van der Waals surface area (Å²) in [4.78, 5) is 3.94. The van der Waals surface area contributed by atoms with Gasteiger partial charge in [-0.2, -0.15) is 4.39 Å². The fourth-order valence-corrected chi connectivity index (χ4v) is 2.09. The van der Waals surface area contributed by atoms with Crippen LogP contribution in [0.2, 0.25) is 0 Å². The summed E-state index contributed by atoms with van der Waals surface area (Å²) in [7, 11) is 3.04. The number of nitrogens with zero attached hydrogens (tertiary/aromatic N) is 1. The molecule has 0 aliphatic carbocycles. The monoisotopic (exact) mass is 241 g/mol. The first-order chi connectivity index (χ1) is 8.22. The standard InChI is InChI=1S/C12H16FNO3/c1-15-9-3-4-10(14-11(9)13)12(16-2)5-7-17-8-6-12/h3-4H,5-8H2,1-2H3. The van der Waals surface area contributed by atoms with E-state index in [-0.39, 0.29) is 5.75 Å². The molecule has 4 nitrogen and oxygen atoms in total. The predicted octanol–water partition coefficient (Wildman–Crippen LogP) is 1.88. The van der Waals surface area contributed by atoms with E-state index in [0.29, 0.717) is 31.7 Å². The van der Waals surface area contributed by atoms with Crippen molar-refractivity contribution in [1.29, 1.82) is 0 Å². The second-order valence-corrected chi connectivity index (χ2v) is 4.00. The Bertz CT molecular complexity index is 391. The Kier molecular flexibility index (Phi) is 3.59. The van der Waals surface area contributed by atoms with E-state index >= 15 is 0 Å². The molecule has 1 aliphatic rings. The molecule has 5 heteroatoms. The second-order valence-electron chi connectivity index (χ2n) is 4.00. The van der Waals surface area contributed by atoms with Gasteiger partial charge in [0.15, 0.2) is 5.75 Å².